The first-order valence-electron chi connectivity index (χ1n) is 7.19. The second kappa shape index (κ2) is 6.49. The molecule has 3 nitrogen and oxygen atoms in total. The van der Waals surface area contributed by atoms with Gasteiger partial charge in [0, 0.05) is 43.8 Å². The maximum Gasteiger partial charge on any atom is 0.253 e. The smallest absolute Gasteiger partial charge is 0.253 e. The van der Waals surface area contributed by atoms with E-state index < -0.39 is 0 Å². The Bertz CT molecular complexity index is 465. The molecule has 2 rings (SSSR count). The summed E-state index contributed by atoms with van der Waals surface area (Å²) in [6, 6.07) is 7.80. The number of likely N-dealkylation sites (tertiary alicyclic amines) is 1. The summed E-state index contributed by atoms with van der Waals surface area (Å²) in [7, 11) is 3.97. The summed E-state index contributed by atoms with van der Waals surface area (Å²) in [5.74, 6) is 0.670. The van der Waals surface area contributed by atoms with E-state index in [4.69, 9.17) is 11.6 Å². The van der Waals surface area contributed by atoms with Gasteiger partial charge in [0.1, 0.15) is 0 Å². The molecule has 1 aromatic carbocycles. The Hall–Kier alpha value is -1.22. The Kier molecular flexibility index (Phi) is 4.92. The van der Waals surface area contributed by atoms with Crippen molar-refractivity contribution in [1.82, 2.24) is 4.90 Å². The molecule has 110 valence electrons. The highest BCUT2D eigenvalue weighted by atomic mass is 35.5. The van der Waals surface area contributed by atoms with E-state index in [9.17, 15) is 4.79 Å². The second-order valence-electron chi connectivity index (χ2n) is 5.75. The molecule has 0 spiro atoms. The lowest BCUT2D eigenvalue weighted by atomic mass is 9.93. The highest BCUT2D eigenvalue weighted by Crippen LogP contribution is 2.25. The Morgan fingerprint density at radius 2 is 2.00 bits per heavy atom. The average Bonchev–Trinajstić information content (AvgIpc) is 2.46. The number of nitrogens with zero attached hydrogens (tertiary/aromatic N) is 2. The van der Waals surface area contributed by atoms with E-state index in [1.54, 1.807) is 0 Å². The first-order valence-corrected chi connectivity index (χ1v) is 7.63. The van der Waals surface area contributed by atoms with Crippen molar-refractivity contribution in [2.24, 2.45) is 5.92 Å². The minimum atomic E-state index is 0.134. The van der Waals surface area contributed by atoms with Crippen molar-refractivity contribution < 1.29 is 4.79 Å². The van der Waals surface area contributed by atoms with Crippen LogP contribution in [0.15, 0.2) is 24.3 Å². The molecular weight excluding hydrogens is 272 g/mol. The van der Waals surface area contributed by atoms with Crippen molar-refractivity contribution in [2.45, 2.75) is 25.1 Å². The van der Waals surface area contributed by atoms with Crippen molar-refractivity contribution in [2.75, 3.05) is 32.1 Å². The van der Waals surface area contributed by atoms with Crippen LogP contribution in [0.3, 0.4) is 0 Å². The van der Waals surface area contributed by atoms with Crippen molar-refractivity contribution in [3.05, 3.63) is 29.8 Å². The molecule has 1 atom stereocenters. The van der Waals surface area contributed by atoms with Crippen LogP contribution in [-0.2, 0) is 0 Å². The normalized spacial score (nSPS) is 17.9. The molecule has 4 heteroatoms. The molecule has 1 unspecified atom stereocenters. The standard InChI is InChI=1S/C16H23ClN2O/c1-12(17)13-7-9-19(10-8-13)16(20)14-5-4-6-15(11-14)18(2)3/h4-6,11-13H,7-10H2,1-3H3. The SMILES string of the molecule is CC(Cl)C1CCN(C(=O)c2cccc(N(C)C)c2)CC1. The second-order valence-corrected chi connectivity index (χ2v) is 6.44. The number of piperidine rings is 1. The zero-order valence-corrected chi connectivity index (χ0v) is 13.2. The van der Waals surface area contributed by atoms with Gasteiger partial charge in [0.25, 0.3) is 5.91 Å². The van der Waals surface area contributed by atoms with Gasteiger partial charge in [-0.2, -0.15) is 0 Å². The number of amides is 1. The number of hydrogen-bond donors (Lipinski definition) is 0. The summed E-state index contributed by atoms with van der Waals surface area (Å²) in [6.45, 7) is 3.67. The molecule has 0 aromatic heterocycles. The molecule has 1 saturated heterocycles. The van der Waals surface area contributed by atoms with Gasteiger partial charge in [-0.15, -0.1) is 11.6 Å². The molecule has 1 amide bonds. The highest BCUT2D eigenvalue weighted by molar-refractivity contribution is 6.20. The number of halogens is 1. The molecule has 0 N–H and O–H groups in total. The number of hydrogen-bond acceptors (Lipinski definition) is 2. The lowest BCUT2D eigenvalue weighted by Gasteiger charge is -2.33. The Morgan fingerprint density at radius 1 is 1.35 bits per heavy atom. The van der Waals surface area contributed by atoms with E-state index in [0.717, 1.165) is 37.2 Å². The van der Waals surface area contributed by atoms with Crippen molar-refractivity contribution in [3.63, 3.8) is 0 Å². The molecule has 0 radical (unpaired) electrons. The fraction of sp³-hybridized carbons (Fsp3) is 0.562. The molecule has 1 heterocycles. The first-order chi connectivity index (χ1) is 9.49. The van der Waals surface area contributed by atoms with Gasteiger partial charge in [-0.05, 0) is 43.9 Å². The largest absolute Gasteiger partial charge is 0.378 e. The summed E-state index contributed by atoms with van der Waals surface area (Å²) in [6.07, 6.45) is 2.01. The lowest BCUT2D eigenvalue weighted by molar-refractivity contribution is 0.0690. The molecule has 1 fully saturated rings. The fourth-order valence-electron chi connectivity index (χ4n) is 2.66. The van der Waals surface area contributed by atoms with Gasteiger partial charge in [-0.3, -0.25) is 4.79 Å². The van der Waals surface area contributed by atoms with Crippen LogP contribution in [0, 0.1) is 5.92 Å². The van der Waals surface area contributed by atoms with Crippen LogP contribution in [-0.4, -0.2) is 43.4 Å². The Morgan fingerprint density at radius 3 is 2.55 bits per heavy atom. The minimum Gasteiger partial charge on any atom is -0.378 e. The number of rotatable bonds is 3. The van der Waals surface area contributed by atoms with Crippen molar-refractivity contribution in [1.29, 1.82) is 0 Å². The molecule has 0 saturated carbocycles. The predicted molar refractivity (Wildman–Crippen MR) is 84.7 cm³/mol. The van der Waals surface area contributed by atoms with E-state index in [-0.39, 0.29) is 11.3 Å². The molecule has 1 aliphatic rings. The van der Waals surface area contributed by atoms with Crippen LogP contribution >= 0.6 is 11.6 Å². The number of benzene rings is 1. The highest BCUT2D eigenvalue weighted by Gasteiger charge is 2.26. The van der Waals surface area contributed by atoms with E-state index in [1.165, 1.54) is 0 Å². The maximum atomic E-state index is 12.5. The summed E-state index contributed by atoms with van der Waals surface area (Å²) in [5, 5.41) is 0.198. The monoisotopic (exact) mass is 294 g/mol. The lowest BCUT2D eigenvalue weighted by Crippen LogP contribution is -2.40. The number of anilines is 1. The van der Waals surface area contributed by atoms with Crippen molar-refractivity contribution >= 4 is 23.2 Å². The van der Waals surface area contributed by atoms with Gasteiger partial charge >= 0.3 is 0 Å². The Balaban J connectivity index is 2.03. The van der Waals surface area contributed by atoms with Gasteiger partial charge < -0.3 is 9.80 Å². The number of carbonyl (C=O) groups is 1. The third-order valence-corrected chi connectivity index (χ3v) is 4.44. The fourth-order valence-corrected chi connectivity index (χ4v) is 2.91. The molecule has 1 aliphatic heterocycles. The maximum absolute atomic E-state index is 12.5. The molecule has 0 bridgehead atoms. The Labute approximate surface area is 126 Å². The van der Waals surface area contributed by atoms with E-state index in [1.807, 2.05) is 55.1 Å². The number of alkyl halides is 1. The molecular formula is C16H23ClN2O. The van der Waals surface area contributed by atoms with Gasteiger partial charge in [-0.1, -0.05) is 6.07 Å². The third kappa shape index (κ3) is 3.45. The summed E-state index contributed by atoms with van der Waals surface area (Å²) in [5.41, 5.74) is 1.83. The average molecular weight is 295 g/mol. The van der Waals surface area contributed by atoms with Crippen molar-refractivity contribution in [3.8, 4) is 0 Å². The quantitative estimate of drug-likeness (QED) is 0.799. The molecule has 20 heavy (non-hydrogen) atoms. The van der Waals surface area contributed by atoms with Crippen LogP contribution in [0.25, 0.3) is 0 Å². The molecule has 1 aromatic rings. The zero-order valence-electron chi connectivity index (χ0n) is 12.5. The van der Waals surface area contributed by atoms with Gasteiger partial charge in [0.2, 0.25) is 0 Å². The summed E-state index contributed by atoms with van der Waals surface area (Å²) >= 11 is 6.15. The summed E-state index contributed by atoms with van der Waals surface area (Å²) in [4.78, 5) is 16.5. The number of carbonyl (C=O) groups excluding carboxylic acids is 1. The summed E-state index contributed by atoms with van der Waals surface area (Å²) < 4.78 is 0. The predicted octanol–water partition coefficient (Wildman–Crippen LogP) is 3.23. The van der Waals surface area contributed by atoms with Crippen LogP contribution in [0.2, 0.25) is 0 Å². The molecule has 0 aliphatic carbocycles. The van der Waals surface area contributed by atoms with Crippen LogP contribution in [0.5, 0.6) is 0 Å². The van der Waals surface area contributed by atoms with Gasteiger partial charge in [0.15, 0.2) is 0 Å². The van der Waals surface area contributed by atoms with E-state index in [2.05, 4.69) is 0 Å². The van der Waals surface area contributed by atoms with Gasteiger partial charge in [0.05, 0.1) is 0 Å². The zero-order chi connectivity index (χ0) is 14.7. The minimum absolute atomic E-state index is 0.134. The van der Waals surface area contributed by atoms with E-state index >= 15 is 0 Å². The third-order valence-electron chi connectivity index (χ3n) is 4.09. The van der Waals surface area contributed by atoms with Crippen LogP contribution in [0.1, 0.15) is 30.1 Å². The van der Waals surface area contributed by atoms with Gasteiger partial charge in [-0.25, -0.2) is 0 Å². The van der Waals surface area contributed by atoms with Crippen LogP contribution in [0.4, 0.5) is 5.69 Å². The first kappa shape index (κ1) is 15.2. The topological polar surface area (TPSA) is 23.6 Å². The van der Waals surface area contributed by atoms with E-state index in [0.29, 0.717) is 5.92 Å². The van der Waals surface area contributed by atoms with Crippen LogP contribution < -0.4 is 4.90 Å².